The summed E-state index contributed by atoms with van der Waals surface area (Å²) >= 11 is 0. The molecular formula is C18H23NO3. The fourth-order valence-electron chi connectivity index (χ4n) is 5.54. The van der Waals surface area contributed by atoms with Crippen molar-refractivity contribution in [3.05, 3.63) is 35.9 Å². The van der Waals surface area contributed by atoms with Gasteiger partial charge in [-0.1, -0.05) is 30.3 Å². The van der Waals surface area contributed by atoms with Crippen LogP contribution in [0.15, 0.2) is 30.3 Å². The van der Waals surface area contributed by atoms with Gasteiger partial charge in [0.25, 0.3) is 0 Å². The van der Waals surface area contributed by atoms with Crippen molar-refractivity contribution in [2.75, 3.05) is 0 Å². The average Bonchev–Trinajstić information content (AvgIpc) is 2.44. The summed E-state index contributed by atoms with van der Waals surface area (Å²) in [6.07, 6.45) is 3.84. The van der Waals surface area contributed by atoms with E-state index in [0.29, 0.717) is 24.3 Å². The molecule has 1 amide bonds. The van der Waals surface area contributed by atoms with Crippen LogP contribution in [0, 0.1) is 17.8 Å². The van der Waals surface area contributed by atoms with Crippen molar-refractivity contribution in [3.63, 3.8) is 0 Å². The number of benzene rings is 1. The van der Waals surface area contributed by atoms with Crippen LogP contribution in [-0.2, 0) is 6.54 Å². The van der Waals surface area contributed by atoms with Crippen LogP contribution in [-0.4, -0.2) is 32.8 Å². The summed E-state index contributed by atoms with van der Waals surface area (Å²) in [6.45, 7) is 0.455. The van der Waals surface area contributed by atoms with E-state index in [-0.39, 0.29) is 6.04 Å². The Bertz CT molecular complexity index is 557. The van der Waals surface area contributed by atoms with Crippen molar-refractivity contribution in [2.24, 2.45) is 17.8 Å². The Morgan fingerprint density at radius 3 is 2.32 bits per heavy atom. The van der Waals surface area contributed by atoms with Gasteiger partial charge in [0.15, 0.2) is 0 Å². The van der Waals surface area contributed by atoms with Crippen LogP contribution in [0.4, 0.5) is 4.79 Å². The molecule has 0 saturated heterocycles. The number of nitrogens with zero attached hydrogens (tertiary/aromatic N) is 1. The standard InChI is InChI=1S/C18H23NO3/c20-17(21)19(11-12-4-2-1-3-5-12)16-14-6-13-7-15(16)10-18(22,8-13)9-14/h1-5,13-16,22H,6-11H2,(H,20,21)/t13-,14-,15+,16-,18-. The second kappa shape index (κ2) is 4.98. The van der Waals surface area contributed by atoms with Gasteiger partial charge in [0, 0.05) is 12.6 Å². The monoisotopic (exact) mass is 301 g/mol. The summed E-state index contributed by atoms with van der Waals surface area (Å²) in [7, 11) is 0. The van der Waals surface area contributed by atoms with Crippen molar-refractivity contribution in [1.29, 1.82) is 0 Å². The van der Waals surface area contributed by atoms with Crippen LogP contribution in [0.3, 0.4) is 0 Å². The summed E-state index contributed by atoms with van der Waals surface area (Å²) < 4.78 is 0. The molecule has 0 heterocycles. The van der Waals surface area contributed by atoms with E-state index >= 15 is 0 Å². The molecule has 4 fully saturated rings. The maximum absolute atomic E-state index is 11.9. The van der Waals surface area contributed by atoms with Gasteiger partial charge in [-0.3, -0.25) is 0 Å². The van der Waals surface area contributed by atoms with Gasteiger partial charge in [0.1, 0.15) is 0 Å². The Labute approximate surface area is 130 Å². The maximum Gasteiger partial charge on any atom is 0.407 e. The average molecular weight is 301 g/mol. The van der Waals surface area contributed by atoms with E-state index in [1.54, 1.807) is 4.90 Å². The second-order valence-corrected chi connectivity index (χ2v) is 7.58. The number of hydrogen-bond acceptors (Lipinski definition) is 2. The molecule has 4 aliphatic carbocycles. The minimum absolute atomic E-state index is 0.0783. The Morgan fingerprint density at radius 2 is 1.77 bits per heavy atom. The molecule has 4 aliphatic rings. The third-order valence-corrected chi connectivity index (χ3v) is 5.99. The third-order valence-electron chi connectivity index (χ3n) is 5.99. The molecule has 0 aliphatic heterocycles. The van der Waals surface area contributed by atoms with E-state index in [9.17, 15) is 15.0 Å². The predicted molar refractivity (Wildman–Crippen MR) is 82.3 cm³/mol. The fourth-order valence-corrected chi connectivity index (χ4v) is 5.54. The number of carboxylic acid groups (broad SMARTS) is 1. The summed E-state index contributed by atoms with van der Waals surface area (Å²) in [5.41, 5.74) is 0.529. The molecule has 5 rings (SSSR count). The molecular weight excluding hydrogens is 278 g/mol. The van der Waals surface area contributed by atoms with Gasteiger partial charge in [-0.25, -0.2) is 4.79 Å². The highest BCUT2D eigenvalue weighted by atomic mass is 16.4. The molecule has 4 saturated carbocycles. The van der Waals surface area contributed by atoms with E-state index in [4.69, 9.17) is 0 Å². The predicted octanol–water partition coefficient (Wildman–Crippen LogP) is 3.11. The first kappa shape index (κ1) is 14.1. The fraction of sp³-hybridized carbons (Fsp3) is 0.611. The summed E-state index contributed by atoms with van der Waals surface area (Å²) in [5, 5.41) is 20.4. The first-order valence-corrected chi connectivity index (χ1v) is 8.30. The maximum atomic E-state index is 11.9. The molecule has 0 spiro atoms. The van der Waals surface area contributed by atoms with Gasteiger partial charge in [-0.05, 0) is 55.4 Å². The van der Waals surface area contributed by atoms with E-state index in [2.05, 4.69) is 0 Å². The van der Waals surface area contributed by atoms with E-state index in [1.807, 2.05) is 30.3 Å². The zero-order valence-corrected chi connectivity index (χ0v) is 12.7. The third kappa shape index (κ3) is 2.30. The van der Waals surface area contributed by atoms with Gasteiger partial charge in [-0.2, -0.15) is 0 Å². The van der Waals surface area contributed by atoms with Crippen LogP contribution in [0.1, 0.15) is 37.7 Å². The van der Waals surface area contributed by atoms with Crippen molar-refractivity contribution in [2.45, 2.75) is 50.3 Å². The van der Waals surface area contributed by atoms with Gasteiger partial charge in [-0.15, -0.1) is 0 Å². The van der Waals surface area contributed by atoms with Gasteiger partial charge in [0.05, 0.1) is 5.60 Å². The van der Waals surface area contributed by atoms with Crippen LogP contribution in [0.2, 0.25) is 0 Å². The second-order valence-electron chi connectivity index (χ2n) is 7.58. The highest BCUT2D eigenvalue weighted by Gasteiger charge is 2.56. The Kier molecular flexibility index (Phi) is 3.19. The van der Waals surface area contributed by atoms with Gasteiger partial charge in [0.2, 0.25) is 0 Å². The molecule has 0 aromatic heterocycles. The smallest absolute Gasteiger partial charge is 0.407 e. The molecule has 118 valence electrons. The molecule has 4 nitrogen and oxygen atoms in total. The summed E-state index contributed by atoms with van der Waals surface area (Å²) in [4.78, 5) is 13.5. The number of rotatable bonds is 3. The molecule has 5 atom stereocenters. The minimum Gasteiger partial charge on any atom is -0.465 e. The first-order valence-electron chi connectivity index (χ1n) is 8.30. The number of hydrogen-bond donors (Lipinski definition) is 2. The molecule has 22 heavy (non-hydrogen) atoms. The van der Waals surface area contributed by atoms with Crippen molar-refractivity contribution in [1.82, 2.24) is 4.90 Å². The number of amides is 1. The highest BCUT2D eigenvalue weighted by molar-refractivity contribution is 5.65. The molecule has 1 aromatic carbocycles. The van der Waals surface area contributed by atoms with Crippen molar-refractivity contribution < 1.29 is 15.0 Å². The molecule has 4 heteroatoms. The zero-order valence-electron chi connectivity index (χ0n) is 12.7. The molecule has 0 radical (unpaired) electrons. The molecule has 4 bridgehead atoms. The van der Waals surface area contributed by atoms with E-state index < -0.39 is 11.7 Å². The molecule has 1 aromatic rings. The lowest BCUT2D eigenvalue weighted by Gasteiger charge is -2.59. The summed E-state index contributed by atoms with van der Waals surface area (Å²) in [6, 6.07) is 9.91. The van der Waals surface area contributed by atoms with Crippen LogP contribution in [0.5, 0.6) is 0 Å². The largest absolute Gasteiger partial charge is 0.465 e. The lowest BCUT2D eigenvalue weighted by Crippen LogP contribution is -2.62. The SMILES string of the molecule is O=C(O)N(Cc1ccccc1)[C@@H]1[C@@H]2C[C@@H]3C[C@H]1C[C@@](O)(C3)C2. The van der Waals surface area contributed by atoms with Crippen LogP contribution in [0.25, 0.3) is 0 Å². The van der Waals surface area contributed by atoms with Gasteiger partial charge < -0.3 is 15.1 Å². The van der Waals surface area contributed by atoms with Crippen molar-refractivity contribution in [3.8, 4) is 0 Å². The molecule has 2 N–H and O–H groups in total. The van der Waals surface area contributed by atoms with Gasteiger partial charge >= 0.3 is 6.09 Å². The lowest BCUT2D eigenvalue weighted by molar-refractivity contribution is -0.156. The zero-order chi connectivity index (χ0) is 15.3. The van der Waals surface area contributed by atoms with E-state index in [0.717, 1.165) is 37.7 Å². The van der Waals surface area contributed by atoms with Crippen LogP contribution < -0.4 is 0 Å². The Hall–Kier alpha value is -1.55. The number of carbonyl (C=O) groups is 1. The minimum atomic E-state index is -0.826. The van der Waals surface area contributed by atoms with Crippen LogP contribution >= 0.6 is 0 Å². The Balaban J connectivity index is 1.60. The summed E-state index contributed by atoms with van der Waals surface area (Å²) in [5.74, 6) is 1.26. The van der Waals surface area contributed by atoms with E-state index in [1.165, 1.54) is 0 Å². The topological polar surface area (TPSA) is 60.8 Å². The highest BCUT2D eigenvalue weighted by Crippen LogP contribution is 2.57. The first-order chi connectivity index (χ1) is 10.5. The Morgan fingerprint density at radius 1 is 1.14 bits per heavy atom. The quantitative estimate of drug-likeness (QED) is 0.902. The lowest BCUT2D eigenvalue weighted by atomic mass is 9.52. The van der Waals surface area contributed by atoms with Crippen molar-refractivity contribution >= 4 is 6.09 Å². The normalized spacial score (nSPS) is 39.0. The number of aliphatic hydroxyl groups is 1. The molecule has 0 unspecified atom stereocenters.